The van der Waals surface area contributed by atoms with Crippen LogP contribution >= 0.6 is 0 Å². The number of anilines is 2. The third kappa shape index (κ3) is 4.97. The van der Waals surface area contributed by atoms with Crippen molar-refractivity contribution in [1.29, 1.82) is 0 Å². The van der Waals surface area contributed by atoms with Crippen LogP contribution in [0.1, 0.15) is 11.6 Å². The van der Waals surface area contributed by atoms with Crippen molar-refractivity contribution < 1.29 is 17.9 Å². The Morgan fingerprint density at radius 1 is 1.00 bits per heavy atom. The number of ether oxygens (including phenoxy) is 1. The van der Waals surface area contributed by atoms with Crippen LogP contribution in [0.5, 0.6) is 0 Å². The molecule has 8 nitrogen and oxygen atoms in total. The van der Waals surface area contributed by atoms with Gasteiger partial charge in [0.15, 0.2) is 9.84 Å². The zero-order chi connectivity index (χ0) is 21.0. The lowest BCUT2D eigenvalue weighted by Crippen LogP contribution is -2.46. The maximum Gasteiger partial charge on any atom is 0.246 e. The highest BCUT2D eigenvalue weighted by Gasteiger charge is 2.32. The van der Waals surface area contributed by atoms with Crippen LogP contribution in [0.4, 0.5) is 11.5 Å². The summed E-state index contributed by atoms with van der Waals surface area (Å²) in [4.78, 5) is 21.8. The van der Waals surface area contributed by atoms with Gasteiger partial charge in [-0.25, -0.2) is 13.4 Å². The highest BCUT2D eigenvalue weighted by Crippen LogP contribution is 2.25. The number of rotatable bonds is 5. The van der Waals surface area contributed by atoms with Crippen molar-refractivity contribution in [3.05, 3.63) is 54.2 Å². The number of nitrogens with one attached hydrogen (secondary N) is 1. The van der Waals surface area contributed by atoms with Crippen LogP contribution in [0.2, 0.25) is 0 Å². The number of carbonyl (C=O) groups excluding carboxylic acids is 1. The van der Waals surface area contributed by atoms with Crippen LogP contribution in [0.15, 0.2) is 48.7 Å². The largest absolute Gasteiger partial charge is 0.378 e. The second-order valence-electron chi connectivity index (χ2n) is 7.49. The average Bonchev–Trinajstić information content (AvgIpc) is 2.77. The van der Waals surface area contributed by atoms with Crippen LogP contribution in [-0.4, -0.2) is 75.1 Å². The van der Waals surface area contributed by atoms with Crippen LogP contribution in [-0.2, 0) is 19.4 Å². The van der Waals surface area contributed by atoms with Crippen molar-refractivity contribution in [2.24, 2.45) is 0 Å². The first-order valence-corrected chi connectivity index (χ1v) is 11.9. The number of nitrogens with zero attached hydrogens (tertiary/aromatic N) is 3. The lowest BCUT2D eigenvalue weighted by molar-refractivity contribution is -0.121. The highest BCUT2D eigenvalue weighted by molar-refractivity contribution is 7.91. The molecule has 1 N–H and O–H groups in total. The van der Waals surface area contributed by atoms with Crippen molar-refractivity contribution >= 4 is 27.2 Å². The standard InChI is InChI=1S/C21H26N4O4S/c26-21(23-18-6-7-19(22-16-18)24-8-12-29-13-9-24)20(17-4-2-1-3-5-17)25-10-14-30(27,28)15-11-25/h1-7,16,20H,8-15H2,(H,23,26). The normalized spacial score (nSPS) is 20.5. The Balaban J connectivity index is 1.49. The van der Waals surface area contributed by atoms with Gasteiger partial charge in [-0.2, -0.15) is 0 Å². The van der Waals surface area contributed by atoms with Crippen molar-refractivity contribution in [1.82, 2.24) is 9.88 Å². The number of carbonyl (C=O) groups is 1. The molecule has 9 heteroatoms. The summed E-state index contributed by atoms with van der Waals surface area (Å²) in [5.41, 5.74) is 1.45. The lowest BCUT2D eigenvalue weighted by Gasteiger charge is -2.33. The monoisotopic (exact) mass is 430 g/mol. The molecule has 0 aliphatic carbocycles. The van der Waals surface area contributed by atoms with E-state index in [9.17, 15) is 13.2 Å². The van der Waals surface area contributed by atoms with Gasteiger partial charge >= 0.3 is 0 Å². The number of amides is 1. The topological polar surface area (TPSA) is 91.8 Å². The van der Waals surface area contributed by atoms with Crippen LogP contribution in [0, 0.1) is 0 Å². The molecule has 0 saturated carbocycles. The molecule has 2 aliphatic heterocycles. The van der Waals surface area contributed by atoms with E-state index in [1.54, 1.807) is 6.20 Å². The number of benzene rings is 1. The summed E-state index contributed by atoms with van der Waals surface area (Å²) in [5, 5.41) is 2.95. The molecular weight excluding hydrogens is 404 g/mol. The second kappa shape index (κ2) is 9.11. The molecule has 1 amide bonds. The maximum atomic E-state index is 13.2. The molecule has 2 aliphatic rings. The van der Waals surface area contributed by atoms with Gasteiger partial charge in [0.05, 0.1) is 36.6 Å². The summed E-state index contributed by atoms with van der Waals surface area (Å²) < 4.78 is 29.0. The first-order chi connectivity index (χ1) is 14.5. The SMILES string of the molecule is O=C(Nc1ccc(N2CCOCC2)nc1)C(c1ccccc1)N1CCS(=O)(=O)CC1. The Hall–Kier alpha value is -2.49. The quantitative estimate of drug-likeness (QED) is 0.765. The number of sulfone groups is 1. The molecule has 1 unspecified atom stereocenters. The lowest BCUT2D eigenvalue weighted by atomic mass is 10.0. The second-order valence-corrected chi connectivity index (χ2v) is 9.80. The van der Waals surface area contributed by atoms with Gasteiger partial charge in [-0.1, -0.05) is 30.3 Å². The molecule has 0 radical (unpaired) electrons. The van der Waals surface area contributed by atoms with Gasteiger partial charge < -0.3 is 15.0 Å². The first-order valence-electron chi connectivity index (χ1n) is 10.1. The molecule has 1 atom stereocenters. The Morgan fingerprint density at radius 3 is 2.33 bits per heavy atom. The average molecular weight is 431 g/mol. The molecular formula is C21H26N4O4S. The van der Waals surface area contributed by atoms with Crippen molar-refractivity contribution in [2.45, 2.75) is 6.04 Å². The van der Waals surface area contributed by atoms with E-state index in [0.29, 0.717) is 32.0 Å². The smallest absolute Gasteiger partial charge is 0.246 e. The van der Waals surface area contributed by atoms with Crippen molar-refractivity contribution in [2.75, 3.05) is 61.1 Å². The van der Waals surface area contributed by atoms with E-state index >= 15 is 0 Å². The molecule has 1 aromatic heterocycles. The zero-order valence-corrected chi connectivity index (χ0v) is 17.6. The molecule has 3 heterocycles. The van der Waals surface area contributed by atoms with Crippen LogP contribution < -0.4 is 10.2 Å². The minimum atomic E-state index is -3.03. The molecule has 0 spiro atoms. The van der Waals surface area contributed by atoms with Gasteiger partial charge in [-0.15, -0.1) is 0 Å². The zero-order valence-electron chi connectivity index (χ0n) is 16.7. The molecule has 160 valence electrons. The fourth-order valence-electron chi connectivity index (χ4n) is 3.80. The van der Waals surface area contributed by atoms with Crippen LogP contribution in [0.3, 0.4) is 0 Å². The number of aromatic nitrogens is 1. The molecule has 1 aromatic carbocycles. The van der Waals surface area contributed by atoms with Gasteiger partial charge in [-0.05, 0) is 17.7 Å². The number of hydrogen-bond acceptors (Lipinski definition) is 7. The Labute approximate surface area is 176 Å². The van der Waals surface area contributed by atoms with E-state index in [0.717, 1.165) is 24.5 Å². The predicted molar refractivity (Wildman–Crippen MR) is 115 cm³/mol. The minimum Gasteiger partial charge on any atom is -0.378 e. The number of pyridine rings is 1. The Kier molecular flexibility index (Phi) is 6.31. The van der Waals surface area contributed by atoms with Crippen molar-refractivity contribution in [3.8, 4) is 0 Å². The van der Waals surface area contributed by atoms with E-state index in [4.69, 9.17) is 4.74 Å². The molecule has 30 heavy (non-hydrogen) atoms. The van der Waals surface area contributed by atoms with E-state index < -0.39 is 15.9 Å². The van der Waals surface area contributed by atoms with Crippen molar-refractivity contribution in [3.63, 3.8) is 0 Å². The number of morpholine rings is 1. The Morgan fingerprint density at radius 2 is 1.70 bits per heavy atom. The molecule has 2 aromatic rings. The van der Waals surface area contributed by atoms with Gasteiger partial charge in [-0.3, -0.25) is 9.69 Å². The van der Waals surface area contributed by atoms with Gasteiger partial charge in [0.2, 0.25) is 5.91 Å². The summed E-state index contributed by atoms with van der Waals surface area (Å²) in [6, 6.07) is 12.6. The summed E-state index contributed by atoms with van der Waals surface area (Å²) in [6.45, 7) is 3.64. The summed E-state index contributed by atoms with van der Waals surface area (Å²) in [5.74, 6) is 0.803. The van der Waals surface area contributed by atoms with E-state index in [2.05, 4.69) is 15.2 Å². The van der Waals surface area contributed by atoms with E-state index in [-0.39, 0.29) is 17.4 Å². The summed E-state index contributed by atoms with van der Waals surface area (Å²) in [6.07, 6.45) is 1.66. The summed E-state index contributed by atoms with van der Waals surface area (Å²) in [7, 11) is -3.03. The predicted octanol–water partition coefficient (Wildman–Crippen LogP) is 1.33. The van der Waals surface area contributed by atoms with E-state index in [1.807, 2.05) is 47.4 Å². The molecule has 4 rings (SSSR count). The van der Waals surface area contributed by atoms with E-state index in [1.165, 1.54) is 0 Å². The van der Waals surface area contributed by atoms with Gasteiger partial charge in [0.1, 0.15) is 11.9 Å². The highest BCUT2D eigenvalue weighted by atomic mass is 32.2. The fourth-order valence-corrected chi connectivity index (χ4v) is 5.03. The van der Waals surface area contributed by atoms with Gasteiger partial charge in [0.25, 0.3) is 0 Å². The fraction of sp³-hybridized carbons (Fsp3) is 0.429. The molecule has 2 fully saturated rings. The third-order valence-corrected chi connectivity index (χ3v) is 7.07. The Bertz CT molecular complexity index is 946. The third-order valence-electron chi connectivity index (χ3n) is 5.46. The summed E-state index contributed by atoms with van der Waals surface area (Å²) >= 11 is 0. The minimum absolute atomic E-state index is 0.0689. The maximum absolute atomic E-state index is 13.2. The molecule has 0 bridgehead atoms. The first kappa shape index (κ1) is 20.8. The van der Waals surface area contributed by atoms with Crippen LogP contribution in [0.25, 0.3) is 0 Å². The molecule has 2 saturated heterocycles. The van der Waals surface area contributed by atoms with Gasteiger partial charge in [0, 0.05) is 26.2 Å². The number of hydrogen-bond donors (Lipinski definition) is 1.